The Morgan fingerprint density at radius 1 is 1.15 bits per heavy atom. The van der Waals surface area contributed by atoms with Gasteiger partial charge in [-0.25, -0.2) is 23.4 Å². The van der Waals surface area contributed by atoms with Crippen LogP contribution < -0.4 is 10.1 Å². The number of halogens is 3. The molecule has 0 aliphatic carbocycles. The first-order valence-corrected chi connectivity index (χ1v) is 12.5. The van der Waals surface area contributed by atoms with Crippen molar-refractivity contribution in [2.24, 2.45) is 0 Å². The average Bonchev–Trinajstić information content (AvgIpc) is 2.88. The van der Waals surface area contributed by atoms with Crippen LogP contribution >= 0.6 is 11.6 Å². The maximum Gasteiger partial charge on any atom is 0.410 e. The number of aromatic carboxylic acids is 1. The summed E-state index contributed by atoms with van der Waals surface area (Å²) in [7, 11) is 1.35. The molecule has 0 saturated heterocycles. The molecule has 11 nitrogen and oxygen atoms in total. The summed E-state index contributed by atoms with van der Waals surface area (Å²) in [6.45, 7) is 4.56. The Morgan fingerprint density at radius 3 is 2.46 bits per heavy atom. The number of hydrogen-bond acceptors (Lipinski definition) is 8. The van der Waals surface area contributed by atoms with E-state index in [2.05, 4.69) is 10.3 Å². The summed E-state index contributed by atoms with van der Waals surface area (Å²) in [6.07, 6.45) is -0.879. The third kappa shape index (κ3) is 8.24. The molecule has 0 aliphatic rings. The second-order valence-electron chi connectivity index (χ2n) is 9.77. The molecule has 3 aromatic rings. The van der Waals surface area contributed by atoms with Crippen LogP contribution in [0.5, 0.6) is 5.88 Å². The number of carboxylic acids is 1. The van der Waals surface area contributed by atoms with Gasteiger partial charge in [-0.3, -0.25) is 10.1 Å². The van der Waals surface area contributed by atoms with E-state index in [1.807, 2.05) is 0 Å². The highest BCUT2D eigenvalue weighted by Gasteiger charge is 2.26. The van der Waals surface area contributed by atoms with E-state index in [1.165, 1.54) is 30.2 Å². The van der Waals surface area contributed by atoms with Crippen LogP contribution in [0.3, 0.4) is 0 Å². The van der Waals surface area contributed by atoms with Crippen LogP contribution in [0.15, 0.2) is 42.5 Å². The number of pyridine rings is 1. The minimum atomic E-state index is -1.44. The molecule has 1 heterocycles. The number of carbonyl (C=O) groups excluding carboxylic acids is 1. The first kappa shape index (κ1) is 31.0. The zero-order valence-corrected chi connectivity index (χ0v) is 23.3. The lowest BCUT2D eigenvalue weighted by molar-refractivity contribution is -0.386. The predicted molar refractivity (Wildman–Crippen MR) is 146 cm³/mol. The third-order valence-electron chi connectivity index (χ3n) is 5.59. The van der Waals surface area contributed by atoms with Crippen molar-refractivity contribution >= 4 is 40.7 Å². The summed E-state index contributed by atoms with van der Waals surface area (Å²) in [5.74, 6) is -2.90. The van der Waals surface area contributed by atoms with Crippen LogP contribution in [-0.4, -0.2) is 51.2 Å². The summed E-state index contributed by atoms with van der Waals surface area (Å²) < 4.78 is 38.9. The summed E-state index contributed by atoms with van der Waals surface area (Å²) in [5, 5.41) is 23.6. The largest absolute Gasteiger partial charge is 0.481 e. The first-order valence-electron chi connectivity index (χ1n) is 12.1. The Bertz CT molecular complexity index is 1480. The highest BCUT2D eigenvalue weighted by molar-refractivity contribution is 6.31. The van der Waals surface area contributed by atoms with Crippen LogP contribution in [0.1, 0.15) is 42.4 Å². The molecule has 2 aromatic carbocycles. The SMILES string of the molecule is COc1ccc([N+](=O)[O-])c(CCN(Cc2cc(F)ccc2Nc2cc(Cl)c(F)cc2C(=O)O)C(=O)OC(C)(C)C)n1. The number of ether oxygens (including phenoxy) is 2. The van der Waals surface area contributed by atoms with E-state index in [-0.39, 0.29) is 58.7 Å². The van der Waals surface area contributed by atoms with Gasteiger partial charge in [0.1, 0.15) is 22.9 Å². The Balaban J connectivity index is 2.00. The standard InChI is InChI=1S/C27H27ClF2N4O7/c1-27(2,3)41-26(37)33(10-9-21-23(34(38)39)7-8-24(32-21)40-4)14-15-11-16(29)5-6-20(15)31-22-13-18(28)19(30)12-17(22)25(35)36/h5-8,11-13,31H,9-10,14H2,1-4H3,(H,35,36). The van der Waals surface area contributed by atoms with Crippen molar-refractivity contribution in [2.75, 3.05) is 19.0 Å². The normalized spacial score (nSPS) is 11.1. The van der Waals surface area contributed by atoms with Crippen molar-refractivity contribution < 1.29 is 37.9 Å². The number of benzene rings is 2. The van der Waals surface area contributed by atoms with Crippen molar-refractivity contribution in [3.05, 3.63) is 86.1 Å². The zero-order chi connectivity index (χ0) is 30.5. The van der Waals surface area contributed by atoms with Gasteiger partial charge in [0.05, 0.1) is 34.9 Å². The number of methoxy groups -OCH3 is 1. The first-order chi connectivity index (χ1) is 19.2. The molecule has 1 aromatic heterocycles. The van der Waals surface area contributed by atoms with Crippen molar-refractivity contribution in [1.29, 1.82) is 0 Å². The minimum Gasteiger partial charge on any atom is -0.481 e. The summed E-state index contributed by atoms with van der Waals surface area (Å²) in [5.41, 5.74) is -1.25. The predicted octanol–water partition coefficient (Wildman–Crippen LogP) is 6.35. The fourth-order valence-electron chi connectivity index (χ4n) is 3.73. The molecule has 41 heavy (non-hydrogen) atoms. The van der Waals surface area contributed by atoms with Gasteiger partial charge in [0.25, 0.3) is 5.69 Å². The quantitative estimate of drug-likeness (QED) is 0.203. The second-order valence-corrected chi connectivity index (χ2v) is 10.2. The number of hydrogen-bond donors (Lipinski definition) is 2. The molecule has 2 N–H and O–H groups in total. The maximum atomic E-state index is 14.4. The van der Waals surface area contributed by atoms with Gasteiger partial charge in [-0.2, -0.15) is 0 Å². The lowest BCUT2D eigenvalue weighted by Crippen LogP contribution is -2.38. The number of nitrogens with one attached hydrogen (secondary N) is 1. The fraction of sp³-hybridized carbons (Fsp3) is 0.296. The monoisotopic (exact) mass is 592 g/mol. The molecule has 0 atom stereocenters. The van der Waals surface area contributed by atoms with Crippen molar-refractivity contribution in [1.82, 2.24) is 9.88 Å². The maximum absolute atomic E-state index is 14.4. The summed E-state index contributed by atoms with van der Waals surface area (Å²) >= 11 is 5.87. The Morgan fingerprint density at radius 2 is 1.85 bits per heavy atom. The number of nitro groups is 1. The van der Waals surface area contributed by atoms with E-state index in [4.69, 9.17) is 21.1 Å². The van der Waals surface area contributed by atoms with Crippen LogP contribution in [0, 0.1) is 21.7 Å². The number of carboxylic acid groups (broad SMARTS) is 1. The van der Waals surface area contributed by atoms with Crippen LogP contribution in [0.25, 0.3) is 0 Å². The number of aromatic nitrogens is 1. The van der Waals surface area contributed by atoms with Gasteiger partial charge < -0.3 is 24.8 Å². The molecule has 1 amide bonds. The van der Waals surface area contributed by atoms with Gasteiger partial charge >= 0.3 is 12.1 Å². The van der Waals surface area contributed by atoms with Crippen LogP contribution in [-0.2, 0) is 17.7 Å². The Hall–Kier alpha value is -4.52. The molecule has 0 radical (unpaired) electrons. The minimum absolute atomic E-state index is 0.0487. The van der Waals surface area contributed by atoms with Gasteiger partial charge in [-0.1, -0.05) is 11.6 Å². The molecule has 0 saturated carbocycles. The number of rotatable bonds is 10. The summed E-state index contributed by atoms with van der Waals surface area (Å²) in [4.78, 5) is 41.2. The molecular weight excluding hydrogens is 566 g/mol. The van der Waals surface area contributed by atoms with E-state index < -0.39 is 39.8 Å². The smallest absolute Gasteiger partial charge is 0.410 e. The molecule has 0 unspecified atom stereocenters. The fourth-order valence-corrected chi connectivity index (χ4v) is 3.90. The van der Waals surface area contributed by atoms with E-state index >= 15 is 0 Å². The van der Waals surface area contributed by atoms with Gasteiger partial charge in [-0.15, -0.1) is 0 Å². The van der Waals surface area contributed by atoms with Gasteiger partial charge in [0.15, 0.2) is 0 Å². The van der Waals surface area contributed by atoms with Crippen molar-refractivity contribution in [2.45, 2.75) is 39.3 Å². The molecular formula is C27H27ClF2N4O7. The topological polar surface area (TPSA) is 144 Å². The Kier molecular flexibility index (Phi) is 9.66. The molecule has 0 fully saturated rings. The number of amides is 1. The number of nitrogens with zero attached hydrogens (tertiary/aromatic N) is 3. The van der Waals surface area contributed by atoms with Gasteiger partial charge in [-0.05, 0) is 56.7 Å². The molecule has 14 heteroatoms. The van der Waals surface area contributed by atoms with E-state index in [0.717, 1.165) is 24.3 Å². The average molecular weight is 593 g/mol. The molecule has 0 bridgehead atoms. The highest BCUT2D eigenvalue weighted by atomic mass is 35.5. The zero-order valence-electron chi connectivity index (χ0n) is 22.5. The number of anilines is 2. The highest BCUT2D eigenvalue weighted by Crippen LogP contribution is 2.30. The van der Waals surface area contributed by atoms with Gasteiger partial charge in [0, 0.05) is 30.8 Å². The van der Waals surface area contributed by atoms with E-state index in [1.54, 1.807) is 20.8 Å². The van der Waals surface area contributed by atoms with Gasteiger partial charge in [0.2, 0.25) is 5.88 Å². The lowest BCUT2D eigenvalue weighted by atomic mass is 10.1. The molecule has 0 aliphatic heterocycles. The molecule has 218 valence electrons. The van der Waals surface area contributed by atoms with Crippen molar-refractivity contribution in [3.63, 3.8) is 0 Å². The van der Waals surface area contributed by atoms with Crippen LogP contribution in [0.4, 0.5) is 30.6 Å². The van der Waals surface area contributed by atoms with Crippen molar-refractivity contribution in [3.8, 4) is 5.88 Å². The lowest BCUT2D eigenvalue weighted by Gasteiger charge is -2.28. The summed E-state index contributed by atoms with van der Waals surface area (Å²) in [6, 6.07) is 7.95. The Labute approximate surface area is 238 Å². The molecule has 3 rings (SSSR count). The van der Waals surface area contributed by atoms with E-state index in [9.17, 15) is 33.6 Å². The second kappa shape index (κ2) is 12.8. The molecule has 0 spiro atoms. The van der Waals surface area contributed by atoms with Crippen LogP contribution in [0.2, 0.25) is 5.02 Å². The van der Waals surface area contributed by atoms with E-state index in [0.29, 0.717) is 0 Å². The third-order valence-corrected chi connectivity index (χ3v) is 5.88. The number of carbonyl (C=O) groups is 2.